The van der Waals surface area contributed by atoms with Crippen LogP contribution < -0.4 is 0 Å². The fourth-order valence-electron chi connectivity index (χ4n) is 0. The van der Waals surface area contributed by atoms with Crippen molar-refractivity contribution in [1.82, 2.24) is 0 Å². The predicted molar refractivity (Wildman–Crippen MR) is 29.6 cm³/mol. The van der Waals surface area contributed by atoms with Gasteiger partial charge in [-0.25, -0.2) is 4.79 Å². The van der Waals surface area contributed by atoms with Gasteiger partial charge in [0.05, 0.1) is 0 Å². The molecule has 0 aliphatic heterocycles. The van der Waals surface area contributed by atoms with Crippen molar-refractivity contribution in [3.63, 3.8) is 0 Å². The number of hydrogen-bond donors (Lipinski definition) is 1. The molecule has 3 heteroatoms. The maximum Gasteiger partial charge on any atom is 0.368 e. The van der Waals surface area contributed by atoms with Crippen LogP contribution in [0, 0.1) is 0 Å². The second-order valence-corrected chi connectivity index (χ2v) is 0.864. The Kier molecular flexibility index (Phi) is 11.6. The minimum atomic E-state index is -1.43. The van der Waals surface area contributed by atoms with Crippen LogP contribution in [0.25, 0.3) is 0 Å². The lowest BCUT2D eigenvalue weighted by molar-refractivity contribution is -0.143. The summed E-state index contributed by atoms with van der Waals surface area (Å²) in [5, 5.41) is 7.35. The van der Waals surface area contributed by atoms with Gasteiger partial charge in [-0.2, -0.15) is 0 Å². The highest BCUT2D eigenvalue weighted by molar-refractivity contribution is 6.19. The van der Waals surface area contributed by atoms with Gasteiger partial charge in [-0.05, 0) is 6.92 Å². The second kappa shape index (κ2) is 9.30. The Morgan fingerprint density at radius 2 is 1.88 bits per heavy atom. The molecule has 0 heterocycles. The molecule has 0 saturated heterocycles. The van der Waals surface area contributed by atoms with E-state index in [1.807, 2.05) is 6.92 Å². The van der Waals surface area contributed by atoms with Crippen LogP contribution >= 0.6 is 0 Å². The zero-order valence-corrected chi connectivity index (χ0v) is 4.63. The molecule has 0 unspecified atom stereocenters. The van der Waals surface area contributed by atoms with E-state index in [9.17, 15) is 0 Å². The van der Waals surface area contributed by atoms with E-state index in [1.54, 1.807) is 6.08 Å². The van der Waals surface area contributed by atoms with Gasteiger partial charge in [0, 0.05) is 0 Å². The summed E-state index contributed by atoms with van der Waals surface area (Å²) in [6, 6.07) is 0. The lowest BCUT2D eigenvalue weighted by Crippen LogP contribution is -1.91. The molecule has 0 aromatic heterocycles. The highest BCUT2D eigenvalue weighted by Gasteiger charge is 1.80. The van der Waals surface area contributed by atoms with E-state index in [2.05, 4.69) is 6.58 Å². The summed E-state index contributed by atoms with van der Waals surface area (Å²) in [4.78, 5) is 17.9. The molecule has 1 N–H and O–H groups in total. The van der Waals surface area contributed by atoms with Crippen molar-refractivity contribution >= 4 is 12.3 Å². The Morgan fingerprint density at radius 3 is 1.88 bits per heavy atom. The molecule has 0 aromatic carbocycles. The average molecular weight is 116 g/mol. The second-order valence-electron chi connectivity index (χ2n) is 0.864. The van der Waals surface area contributed by atoms with Crippen molar-refractivity contribution in [2.75, 3.05) is 0 Å². The first kappa shape index (κ1) is 9.99. The summed E-state index contributed by atoms with van der Waals surface area (Å²) in [7, 11) is 0. The Balaban J connectivity index is 0. The van der Waals surface area contributed by atoms with E-state index in [4.69, 9.17) is 14.7 Å². The fourth-order valence-corrected chi connectivity index (χ4v) is 0. The smallest absolute Gasteiger partial charge is 0.368 e. The Morgan fingerprint density at radius 1 is 1.75 bits per heavy atom. The molecule has 0 bridgehead atoms. The van der Waals surface area contributed by atoms with Crippen LogP contribution in [0.2, 0.25) is 0 Å². The minimum Gasteiger partial charge on any atom is -0.476 e. The molecule has 0 aliphatic carbocycles. The number of carbonyl (C=O) groups excluding carboxylic acids is 1. The molecule has 3 nitrogen and oxygen atoms in total. The summed E-state index contributed by atoms with van der Waals surface area (Å²) in [5.41, 5.74) is 0. The SMILES string of the molecule is C=CC.O=CC(=O)O. The van der Waals surface area contributed by atoms with Crippen LogP contribution in [0.3, 0.4) is 0 Å². The fraction of sp³-hybridized carbons (Fsp3) is 0.200. The number of hydrogen-bond acceptors (Lipinski definition) is 2. The average Bonchev–Trinajstić information content (AvgIpc) is 1.69. The number of rotatable bonds is 1. The van der Waals surface area contributed by atoms with Crippen molar-refractivity contribution in [2.24, 2.45) is 0 Å². The van der Waals surface area contributed by atoms with Crippen LogP contribution in [0.4, 0.5) is 0 Å². The van der Waals surface area contributed by atoms with Crippen LogP contribution in [0.1, 0.15) is 6.92 Å². The zero-order chi connectivity index (χ0) is 6.99. The van der Waals surface area contributed by atoms with E-state index < -0.39 is 5.97 Å². The molecule has 0 radical (unpaired) electrons. The van der Waals surface area contributed by atoms with Crippen LogP contribution in [-0.2, 0) is 9.59 Å². The number of carboxylic acids is 1. The number of carbonyl (C=O) groups is 2. The zero-order valence-electron chi connectivity index (χ0n) is 4.63. The van der Waals surface area contributed by atoms with E-state index in [1.165, 1.54) is 0 Å². The monoisotopic (exact) mass is 116 g/mol. The number of allylic oxidation sites excluding steroid dienone is 1. The molecule has 0 aliphatic rings. The van der Waals surface area contributed by atoms with Crippen molar-refractivity contribution in [1.29, 1.82) is 0 Å². The molecule has 0 aromatic rings. The maximum atomic E-state index is 9.00. The third-order valence-corrected chi connectivity index (χ3v) is 0.101. The summed E-state index contributed by atoms with van der Waals surface area (Å²) in [5.74, 6) is -1.43. The van der Waals surface area contributed by atoms with Gasteiger partial charge in [0.1, 0.15) is 0 Å². The third kappa shape index (κ3) is 94.9. The third-order valence-electron chi connectivity index (χ3n) is 0.101. The van der Waals surface area contributed by atoms with Gasteiger partial charge >= 0.3 is 5.97 Å². The van der Waals surface area contributed by atoms with Gasteiger partial charge in [0.2, 0.25) is 6.29 Å². The van der Waals surface area contributed by atoms with Crippen LogP contribution in [0.5, 0.6) is 0 Å². The normalized spacial score (nSPS) is 5.62. The highest BCUT2D eigenvalue weighted by atomic mass is 16.4. The van der Waals surface area contributed by atoms with Crippen molar-refractivity contribution in [3.05, 3.63) is 12.7 Å². The van der Waals surface area contributed by atoms with E-state index in [0.717, 1.165) is 0 Å². The van der Waals surface area contributed by atoms with E-state index in [-0.39, 0.29) is 6.29 Å². The number of aliphatic carboxylic acids is 1. The molecule has 0 fully saturated rings. The Bertz CT molecular complexity index is 85.7. The van der Waals surface area contributed by atoms with Gasteiger partial charge in [-0.1, -0.05) is 6.08 Å². The molecular formula is C5H8O3. The standard InChI is InChI=1S/C3H6.C2H2O3/c1-3-2;3-1-2(4)5/h3H,1H2,2H3;1H,(H,4,5). The quantitative estimate of drug-likeness (QED) is 0.307. The minimum absolute atomic E-state index is 0.167. The van der Waals surface area contributed by atoms with Gasteiger partial charge in [0.25, 0.3) is 0 Å². The number of carboxylic acid groups (broad SMARTS) is 1. The van der Waals surface area contributed by atoms with E-state index in [0.29, 0.717) is 0 Å². The summed E-state index contributed by atoms with van der Waals surface area (Å²) in [6.45, 7) is 5.25. The Hall–Kier alpha value is -1.12. The molecule has 0 rings (SSSR count). The maximum absolute atomic E-state index is 9.00. The van der Waals surface area contributed by atoms with Crippen molar-refractivity contribution in [2.45, 2.75) is 6.92 Å². The van der Waals surface area contributed by atoms with Crippen molar-refractivity contribution < 1.29 is 14.7 Å². The highest BCUT2D eigenvalue weighted by Crippen LogP contribution is 1.39. The van der Waals surface area contributed by atoms with Gasteiger partial charge in [-0.3, -0.25) is 4.79 Å². The first-order chi connectivity index (χ1) is 3.68. The molecule has 46 valence electrons. The van der Waals surface area contributed by atoms with Gasteiger partial charge in [0.15, 0.2) is 0 Å². The number of aldehydes is 1. The van der Waals surface area contributed by atoms with Gasteiger partial charge < -0.3 is 5.11 Å². The molecule has 0 spiro atoms. The topological polar surface area (TPSA) is 54.4 Å². The molecular weight excluding hydrogens is 108 g/mol. The first-order valence-electron chi connectivity index (χ1n) is 1.94. The molecule has 8 heavy (non-hydrogen) atoms. The van der Waals surface area contributed by atoms with Gasteiger partial charge in [-0.15, -0.1) is 6.58 Å². The Labute approximate surface area is 47.6 Å². The van der Waals surface area contributed by atoms with Crippen molar-refractivity contribution in [3.8, 4) is 0 Å². The van der Waals surface area contributed by atoms with E-state index >= 15 is 0 Å². The summed E-state index contributed by atoms with van der Waals surface area (Å²) < 4.78 is 0. The molecule has 0 saturated carbocycles. The first-order valence-corrected chi connectivity index (χ1v) is 1.94. The summed E-state index contributed by atoms with van der Waals surface area (Å²) >= 11 is 0. The molecule has 0 atom stereocenters. The lowest BCUT2D eigenvalue weighted by Gasteiger charge is -1.59. The predicted octanol–water partition coefficient (Wildman–Crippen LogP) is 0.462. The summed E-state index contributed by atoms with van der Waals surface area (Å²) in [6.07, 6.45) is 1.58. The lowest BCUT2D eigenvalue weighted by atomic mass is 10.8. The molecule has 0 amide bonds. The van der Waals surface area contributed by atoms with Crippen LogP contribution in [-0.4, -0.2) is 17.4 Å². The largest absolute Gasteiger partial charge is 0.476 e. The van der Waals surface area contributed by atoms with Crippen LogP contribution in [0.15, 0.2) is 12.7 Å².